The highest BCUT2D eigenvalue weighted by atomic mass is 16.6. The Hall–Kier alpha value is -5.18. The lowest BCUT2D eigenvalue weighted by Crippen LogP contribution is -2.33. The van der Waals surface area contributed by atoms with E-state index in [0.29, 0.717) is 47.1 Å². The molecule has 0 fully saturated rings. The highest BCUT2D eigenvalue weighted by Crippen LogP contribution is 2.35. The number of imide groups is 1. The van der Waals surface area contributed by atoms with Crippen molar-refractivity contribution in [3.63, 3.8) is 0 Å². The number of benzene rings is 3. The second-order valence-electron chi connectivity index (χ2n) is 8.88. The lowest BCUT2D eigenvalue weighted by Gasteiger charge is -2.18. The lowest BCUT2D eigenvalue weighted by molar-refractivity contribution is -0.137. The molecule has 2 aliphatic rings. The van der Waals surface area contributed by atoms with E-state index in [1.165, 1.54) is 6.08 Å². The number of hydrogen-bond acceptors (Lipinski definition) is 7. The molecule has 2 amide bonds. The van der Waals surface area contributed by atoms with E-state index in [4.69, 9.17) is 19.3 Å². The number of ether oxygens (including phenoxy) is 3. The quantitative estimate of drug-likeness (QED) is 0.205. The molecule has 3 heterocycles. The molecule has 1 aromatic heterocycles. The summed E-state index contributed by atoms with van der Waals surface area (Å²) in [7, 11) is 0. The maximum atomic E-state index is 12.5. The number of hydrogen-bond donors (Lipinski definition) is 0. The van der Waals surface area contributed by atoms with Crippen molar-refractivity contribution in [1.82, 2.24) is 14.7 Å². The largest absolute Gasteiger partial charge is 0.486 e. The second kappa shape index (κ2) is 10.3. The highest BCUT2D eigenvalue weighted by molar-refractivity contribution is 6.21. The van der Waals surface area contributed by atoms with Crippen LogP contribution in [0.3, 0.4) is 0 Å². The number of carbonyl (C=O) groups excluding carboxylic acids is 3. The molecule has 0 saturated carbocycles. The molecule has 39 heavy (non-hydrogen) atoms. The number of amides is 2. The van der Waals surface area contributed by atoms with Crippen LogP contribution in [0.25, 0.3) is 23.0 Å². The Morgan fingerprint density at radius 2 is 1.59 bits per heavy atom. The molecular weight excluding hydrogens is 498 g/mol. The van der Waals surface area contributed by atoms with Crippen LogP contribution in [0.4, 0.5) is 0 Å². The van der Waals surface area contributed by atoms with Gasteiger partial charge in [0.2, 0.25) is 0 Å². The summed E-state index contributed by atoms with van der Waals surface area (Å²) in [6.45, 7) is 0.819. The zero-order chi connectivity index (χ0) is 26.8. The van der Waals surface area contributed by atoms with Crippen molar-refractivity contribution >= 4 is 23.9 Å². The summed E-state index contributed by atoms with van der Waals surface area (Å²) in [6, 6.07) is 21.9. The van der Waals surface area contributed by atoms with E-state index in [1.54, 1.807) is 35.0 Å². The van der Waals surface area contributed by atoms with Crippen LogP contribution in [-0.4, -0.2) is 58.8 Å². The molecule has 6 rings (SSSR count). The second-order valence-corrected chi connectivity index (χ2v) is 8.88. The Morgan fingerprint density at radius 3 is 2.33 bits per heavy atom. The molecule has 0 atom stereocenters. The van der Waals surface area contributed by atoms with Crippen LogP contribution in [0.15, 0.2) is 85.1 Å². The van der Waals surface area contributed by atoms with Crippen LogP contribution < -0.4 is 9.47 Å². The summed E-state index contributed by atoms with van der Waals surface area (Å²) in [5, 5.41) is 4.76. The SMILES string of the molecule is O=C(C=Cc1cn(-c2ccccc2)nc1-c1ccc2c(c1)OCCO2)OCCN1C(=O)c2ccccc2C1=O. The van der Waals surface area contributed by atoms with Crippen molar-refractivity contribution in [2.24, 2.45) is 0 Å². The first-order valence-electron chi connectivity index (χ1n) is 12.4. The minimum atomic E-state index is -0.604. The summed E-state index contributed by atoms with van der Waals surface area (Å²) < 4.78 is 18.4. The van der Waals surface area contributed by atoms with Gasteiger partial charge in [-0.3, -0.25) is 14.5 Å². The molecule has 0 spiro atoms. The number of rotatable bonds is 7. The molecule has 4 aromatic rings. The van der Waals surface area contributed by atoms with Gasteiger partial charge >= 0.3 is 5.97 Å². The Morgan fingerprint density at radius 1 is 0.897 bits per heavy atom. The minimum absolute atomic E-state index is 0.0275. The normalized spacial score (nSPS) is 14.1. The minimum Gasteiger partial charge on any atom is -0.486 e. The maximum absolute atomic E-state index is 12.5. The van der Waals surface area contributed by atoms with Crippen molar-refractivity contribution < 1.29 is 28.6 Å². The average molecular weight is 522 g/mol. The Kier molecular flexibility index (Phi) is 6.38. The molecule has 2 aliphatic heterocycles. The van der Waals surface area contributed by atoms with E-state index in [1.807, 2.05) is 54.7 Å². The van der Waals surface area contributed by atoms with Crippen LogP contribution in [-0.2, 0) is 9.53 Å². The highest BCUT2D eigenvalue weighted by Gasteiger charge is 2.34. The van der Waals surface area contributed by atoms with Gasteiger partial charge in [-0.2, -0.15) is 5.10 Å². The molecule has 9 heteroatoms. The van der Waals surface area contributed by atoms with Gasteiger partial charge in [-0.15, -0.1) is 0 Å². The fourth-order valence-corrected chi connectivity index (χ4v) is 4.52. The first-order valence-corrected chi connectivity index (χ1v) is 12.4. The standard InChI is InChI=1S/C30H23N3O6/c34-27(39-15-14-32-29(35)23-8-4-5-9-24(23)30(32)36)13-11-21-19-33(22-6-2-1-3-7-22)31-28(21)20-10-12-25-26(18-20)38-17-16-37-25/h1-13,18-19H,14-17H2. The molecule has 0 saturated heterocycles. The van der Waals surface area contributed by atoms with Crippen LogP contribution in [0.1, 0.15) is 26.3 Å². The number of esters is 1. The molecular formula is C30H23N3O6. The molecule has 9 nitrogen and oxygen atoms in total. The third-order valence-corrected chi connectivity index (χ3v) is 6.42. The van der Waals surface area contributed by atoms with E-state index < -0.39 is 5.97 Å². The van der Waals surface area contributed by atoms with Crippen molar-refractivity contribution in [1.29, 1.82) is 0 Å². The Bertz CT molecular complexity index is 1570. The summed E-state index contributed by atoms with van der Waals surface area (Å²) in [4.78, 5) is 38.6. The van der Waals surface area contributed by atoms with Gasteiger partial charge < -0.3 is 14.2 Å². The van der Waals surface area contributed by atoms with Gasteiger partial charge in [-0.1, -0.05) is 30.3 Å². The molecule has 0 unspecified atom stereocenters. The predicted molar refractivity (Wildman–Crippen MR) is 142 cm³/mol. The third kappa shape index (κ3) is 4.77. The molecule has 194 valence electrons. The van der Waals surface area contributed by atoms with Crippen LogP contribution >= 0.6 is 0 Å². The number of fused-ring (bicyclic) bond motifs is 2. The maximum Gasteiger partial charge on any atom is 0.330 e. The Labute approximate surface area is 223 Å². The summed E-state index contributed by atoms with van der Waals surface area (Å²) in [5.41, 5.74) is 3.71. The zero-order valence-corrected chi connectivity index (χ0v) is 20.8. The van der Waals surface area contributed by atoms with E-state index >= 15 is 0 Å². The third-order valence-electron chi connectivity index (χ3n) is 6.42. The first-order chi connectivity index (χ1) is 19.1. The predicted octanol–water partition coefficient (Wildman–Crippen LogP) is 4.16. The van der Waals surface area contributed by atoms with Crippen LogP contribution in [0.5, 0.6) is 11.5 Å². The van der Waals surface area contributed by atoms with Gasteiger partial charge in [0.15, 0.2) is 11.5 Å². The molecule has 0 aliphatic carbocycles. The van der Waals surface area contributed by atoms with Gasteiger partial charge in [-0.25, -0.2) is 9.48 Å². The number of nitrogens with zero attached hydrogens (tertiary/aromatic N) is 3. The zero-order valence-electron chi connectivity index (χ0n) is 20.8. The van der Waals surface area contributed by atoms with Crippen LogP contribution in [0, 0.1) is 0 Å². The lowest BCUT2D eigenvalue weighted by atomic mass is 10.1. The van der Waals surface area contributed by atoms with Gasteiger partial charge in [0.1, 0.15) is 25.5 Å². The fourth-order valence-electron chi connectivity index (χ4n) is 4.52. The molecule has 0 radical (unpaired) electrons. The van der Waals surface area contributed by atoms with Crippen molar-refractivity contribution in [2.75, 3.05) is 26.4 Å². The summed E-state index contributed by atoms with van der Waals surface area (Å²) >= 11 is 0. The van der Waals surface area contributed by atoms with Gasteiger partial charge in [0.05, 0.1) is 23.4 Å². The average Bonchev–Trinajstić information content (AvgIpc) is 3.51. The fraction of sp³-hybridized carbons (Fsp3) is 0.133. The van der Waals surface area contributed by atoms with Crippen LogP contribution in [0.2, 0.25) is 0 Å². The molecule has 0 bridgehead atoms. The first kappa shape index (κ1) is 24.2. The summed E-state index contributed by atoms with van der Waals surface area (Å²) in [6.07, 6.45) is 4.75. The Balaban J connectivity index is 1.18. The van der Waals surface area contributed by atoms with Crippen molar-refractivity contribution in [3.05, 3.63) is 102 Å². The van der Waals surface area contributed by atoms with Gasteiger partial charge in [0.25, 0.3) is 11.8 Å². The van der Waals surface area contributed by atoms with Crippen molar-refractivity contribution in [3.8, 4) is 28.4 Å². The summed E-state index contributed by atoms with van der Waals surface area (Å²) in [5.74, 6) is -0.0758. The van der Waals surface area contributed by atoms with Gasteiger partial charge in [-0.05, 0) is 48.5 Å². The van der Waals surface area contributed by atoms with Crippen molar-refractivity contribution in [2.45, 2.75) is 0 Å². The molecule has 0 N–H and O–H groups in total. The van der Waals surface area contributed by atoms with E-state index in [-0.39, 0.29) is 25.0 Å². The number of carbonyl (C=O) groups is 3. The molecule has 3 aromatic carbocycles. The van der Waals surface area contributed by atoms with E-state index in [0.717, 1.165) is 16.2 Å². The van der Waals surface area contributed by atoms with E-state index in [9.17, 15) is 14.4 Å². The number of para-hydroxylation sites is 1. The monoisotopic (exact) mass is 521 g/mol. The topological polar surface area (TPSA) is 100.0 Å². The van der Waals surface area contributed by atoms with E-state index in [2.05, 4.69) is 0 Å². The van der Waals surface area contributed by atoms with Gasteiger partial charge in [0, 0.05) is 23.4 Å². The number of aromatic nitrogens is 2. The smallest absolute Gasteiger partial charge is 0.330 e.